The van der Waals surface area contributed by atoms with Crippen molar-refractivity contribution < 1.29 is 24.5 Å². The van der Waals surface area contributed by atoms with Gasteiger partial charge in [-0.15, -0.1) is 0 Å². The van der Waals surface area contributed by atoms with Gasteiger partial charge in [0.25, 0.3) is 0 Å². The molecule has 2 atom stereocenters. The molecule has 0 fully saturated rings. The Morgan fingerprint density at radius 1 is 0.474 bits per heavy atom. The lowest BCUT2D eigenvalue weighted by Crippen LogP contribution is -2.45. The number of carbonyl (C=O) groups excluding carboxylic acids is 2. The van der Waals surface area contributed by atoms with Gasteiger partial charge in [-0.05, 0) is 32.1 Å². The van der Waals surface area contributed by atoms with Crippen LogP contribution in [0.3, 0.4) is 0 Å². The van der Waals surface area contributed by atoms with Gasteiger partial charge in [-0.25, -0.2) is 0 Å². The molecule has 3 N–H and O–H groups in total. The van der Waals surface area contributed by atoms with E-state index < -0.39 is 12.1 Å². The Bertz CT molecular complexity index is 847. The number of carbonyl (C=O) groups is 2. The molecule has 338 valence electrons. The zero-order valence-electron chi connectivity index (χ0n) is 38.3. The fourth-order valence-corrected chi connectivity index (χ4v) is 7.87. The molecule has 0 saturated carbocycles. The number of aliphatic hydroxyl groups is 2. The van der Waals surface area contributed by atoms with Crippen LogP contribution in [0.1, 0.15) is 277 Å². The minimum Gasteiger partial charge on any atom is -0.466 e. The van der Waals surface area contributed by atoms with Crippen LogP contribution in [0.4, 0.5) is 0 Å². The predicted molar refractivity (Wildman–Crippen MR) is 246 cm³/mol. The molecule has 0 aliphatic carbocycles. The molecule has 0 aromatic rings. The summed E-state index contributed by atoms with van der Waals surface area (Å²) in [5.74, 6) is -0.107. The van der Waals surface area contributed by atoms with Gasteiger partial charge in [-0.1, -0.05) is 244 Å². The molecular formula is C51H99NO5. The van der Waals surface area contributed by atoms with Gasteiger partial charge in [-0.2, -0.15) is 0 Å². The summed E-state index contributed by atoms with van der Waals surface area (Å²) in [6.45, 7) is 4.85. The quantitative estimate of drug-likeness (QED) is 0.0323. The third kappa shape index (κ3) is 44.0. The van der Waals surface area contributed by atoms with Crippen molar-refractivity contribution in [3.63, 3.8) is 0 Å². The van der Waals surface area contributed by atoms with Crippen molar-refractivity contribution in [1.82, 2.24) is 5.32 Å². The van der Waals surface area contributed by atoms with Crippen molar-refractivity contribution in [3.05, 3.63) is 12.2 Å². The topological polar surface area (TPSA) is 95.9 Å². The first-order valence-electron chi connectivity index (χ1n) is 25.5. The molecule has 0 aliphatic heterocycles. The minimum atomic E-state index is -0.856. The van der Waals surface area contributed by atoms with E-state index >= 15 is 0 Å². The van der Waals surface area contributed by atoms with Crippen LogP contribution in [-0.2, 0) is 14.3 Å². The highest BCUT2D eigenvalue weighted by atomic mass is 16.5. The number of aliphatic hydroxyl groups excluding tert-OH is 2. The molecule has 0 aliphatic rings. The van der Waals surface area contributed by atoms with Gasteiger partial charge in [0.1, 0.15) is 0 Å². The Labute approximate surface area is 355 Å². The SMILES string of the molecule is CCCCCCCCCCC/C=C/C(O)C(CO)NC(=O)CCCCCCCCCCCCOC(=O)CCCCCCCCCCCCCCCCCCCCC. The number of hydrogen-bond acceptors (Lipinski definition) is 5. The maximum absolute atomic E-state index is 12.4. The van der Waals surface area contributed by atoms with E-state index in [2.05, 4.69) is 19.2 Å². The number of ether oxygens (including phenoxy) is 1. The average molecular weight is 806 g/mol. The number of amides is 1. The Hall–Kier alpha value is -1.40. The van der Waals surface area contributed by atoms with Gasteiger partial charge in [-0.3, -0.25) is 9.59 Å². The highest BCUT2D eigenvalue weighted by molar-refractivity contribution is 5.76. The molecule has 57 heavy (non-hydrogen) atoms. The first-order valence-corrected chi connectivity index (χ1v) is 25.5. The molecule has 6 nitrogen and oxygen atoms in total. The molecule has 0 radical (unpaired) electrons. The number of hydrogen-bond donors (Lipinski definition) is 3. The molecule has 0 saturated heterocycles. The highest BCUT2D eigenvalue weighted by Gasteiger charge is 2.18. The maximum atomic E-state index is 12.4. The molecule has 0 spiro atoms. The van der Waals surface area contributed by atoms with Crippen LogP contribution in [0.5, 0.6) is 0 Å². The van der Waals surface area contributed by atoms with Gasteiger partial charge < -0.3 is 20.3 Å². The van der Waals surface area contributed by atoms with E-state index in [4.69, 9.17) is 4.74 Å². The Morgan fingerprint density at radius 3 is 1.19 bits per heavy atom. The summed E-state index contributed by atoms with van der Waals surface area (Å²) in [4.78, 5) is 24.4. The van der Waals surface area contributed by atoms with Gasteiger partial charge in [0.2, 0.25) is 5.91 Å². The van der Waals surface area contributed by atoms with Crippen LogP contribution in [0, 0.1) is 0 Å². The van der Waals surface area contributed by atoms with E-state index in [1.807, 2.05) is 6.08 Å². The Balaban J connectivity index is 3.45. The second-order valence-corrected chi connectivity index (χ2v) is 17.5. The van der Waals surface area contributed by atoms with E-state index in [-0.39, 0.29) is 18.5 Å². The number of allylic oxidation sites excluding steroid dienone is 1. The molecule has 2 unspecified atom stereocenters. The summed E-state index contributed by atoms with van der Waals surface area (Å²) in [5, 5.41) is 22.9. The van der Waals surface area contributed by atoms with Gasteiger partial charge >= 0.3 is 5.97 Å². The average Bonchev–Trinajstić information content (AvgIpc) is 3.21. The first-order chi connectivity index (χ1) is 28.0. The van der Waals surface area contributed by atoms with E-state index in [1.54, 1.807) is 6.08 Å². The molecule has 0 aromatic carbocycles. The lowest BCUT2D eigenvalue weighted by molar-refractivity contribution is -0.143. The van der Waals surface area contributed by atoms with E-state index in [9.17, 15) is 19.8 Å². The third-order valence-corrected chi connectivity index (χ3v) is 11.8. The molecular weight excluding hydrogens is 707 g/mol. The van der Waals surface area contributed by atoms with Crippen molar-refractivity contribution in [3.8, 4) is 0 Å². The zero-order valence-corrected chi connectivity index (χ0v) is 38.3. The number of unbranched alkanes of at least 4 members (excludes halogenated alkanes) is 36. The standard InChI is InChI=1S/C51H99NO5/c1-3-5-7-9-11-13-15-16-17-18-19-20-21-22-24-29-33-37-41-45-51(56)57-46-42-38-34-30-26-25-28-32-36-40-44-50(55)52-48(47-53)49(54)43-39-35-31-27-23-14-12-10-8-6-4-2/h39,43,48-49,53-54H,3-38,40-42,44-47H2,1-2H3,(H,52,55)/b43-39+. The van der Waals surface area contributed by atoms with Crippen LogP contribution in [-0.4, -0.2) is 47.4 Å². The molecule has 0 bridgehead atoms. The summed E-state index contributed by atoms with van der Waals surface area (Å²) in [6.07, 6.45) is 53.6. The normalized spacial score (nSPS) is 12.7. The summed E-state index contributed by atoms with van der Waals surface area (Å²) >= 11 is 0. The van der Waals surface area contributed by atoms with E-state index in [0.717, 1.165) is 57.8 Å². The second kappa shape index (κ2) is 47.3. The second-order valence-electron chi connectivity index (χ2n) is 17.5. The van der Waals surface area contributed by atoms with Crippen molar-refractivity contribution in [2.45, 2.75) is 289 Å². The van der Waals surface area contributed by atoms with Crippen molar-refractivity contribution in [2.75, 3.05) is 13.2 Å². The summed E-state index contributed by atoms with van der Waals surface area (Å²) in [5.41, 5.74) is 0. The Morgan fingerprint density at radius 2 is 0.807 bits per heavy atom. The number of esters is 1. The third-order valence-electron chi connectivity index (χ3n) is 11.8. The summed E-state index contributed by atoms with van der Waals surface area (Å²) < 4.78 is 5.47. The zero-order chi connectivity index (χ0) is 41.5. The summed E-state index contributed by atoms with van der Waals surface area (Å²) in [6, 6.07) is -0.642. The maximum Gasteiger partial charge on any atom is 0.305 e. The van der Waals surface area contributed by atoms with E-state index in [0.29, 0.717) is 19.4 Å². The van der Waals surface area contributed by atoms with Crippen LogP contribution in [0.15, 0.2) is 12.2 Å². The van der Waals surface area contributed by atoms with Crippen LogP contribution >= 0.6 is 0 Å². The predicted octanol–water partition coefficient (Wildman–Crippen LogP) is 15.0. The number of rotatable bonds is 47. The van der Waals surface area contributed by atoms with Crippen molar-refractivity contribution in [1.29, 1.82) is 0 Å². The minimum absolute atomic E-state index is 0.0165. The van der Waals surface area contributed by atoms with Gasteiger partial charge in [0, 0.05) is 12.8 Å². The Kier molecular flexibility index (Phi) is 46.1. The first kappa shape index (κ1) is 55.6. The molecule has 0 rings (SSSR count). The van der Waals surface area contributed by atoms with Crippen LogP contribution < -0.4 is 5.32 Å². The molecule has 6 heteroatoms. The fraction of sp³-hybridized carbons (Fsp3) is 0.922. The van der Waals surface area contributed by atoms with Crippen LogP contribution in [0.2, 0.25) is 0 Å². The monoisotopic (exact) mass is 806 g/mol. The smallest absolute Gasteiger partial charge is 0.305 e. The van der Waals surface area contributed by atoms with Gasteiger partial charge in [0.15, 0.2) is 0 Å². The largest absolute Gasteiger partial charge is 0.466 e. The molecule has 0 aromatic heterocycles. The van der Waals surface area contributed by atoms with E-state index in [1.165, 1.54) is 193 Å². The lowest BCUT2D eigenvalue weighted by atomic mass is 10.0. The van der Waals surface area contributed by atoms with Crippen molar-refractivity contribution in [2.24, 2.45) is 0 Å². The van der Waals surface area contributed by atoms with Gasteiger partial charge in [0.05, 0.1) is 25.4 Å². The molecule has 1 amide bonds. The molecule has 0 heterocycles. The number of nitrogens with one attached hydrogen (secondary N) is 1. The lowest BCUT2D eigenvalue weighted by Gasteiger charge is -2.20. The highest BCUT2D eigenvalue weighted by Crippen LogP contribution is 2.16. The summed E-state index contributed by atoms with van der Waals surface area (Å²) in [7, 11) is 0. The fourth-order valence-electron chi connectivity index (χ4n) is 7.87. The van der Waals surface area contributed by atoms with Crippen LogP contribution in [0.25, 0.3) is 0 Å². The van der Waals surface area contributed by atoms with Crippen molar-refractivity contribution >= 4 is 11.9 Å².